The third kappa shape index (κ3) is 1.80. The summed E-state index contributed by atoms with van der Waals surface area (Å²) in [7, 11) is 0. The number of halogens is 1. The molecule has 0 fully saturated rings. The topological polar surface area (TPSA) is 79.6 Å². The van der Waals surface area contributed by atoms with Crippen LogP contribution in [0.5, 0.6) is 0 Å². The average molecular weight is 264 g/mol. The predicted molar refractivity (Wildman–Crippen MR) is 68.6 cm³/mol. The number of benzene rings is 1. The number of rotatable bonds is 3. The van der Waals surface area contributed by atoms with Crippen LogP contribution < -0.4 is 5.32 Å². The lowest BCUT2D eigenvalue weighted by Gasteiger charge is -1.95. The number of hydrogen-bond donors (Lipinski definition) is 2. The molecule has 0 unspecified atom stereocenters. The zero-order valence-electron chi connectivity index (χ0n) is 9.57. The van der Waals surface area contributed by atoms with Crippen LogP contribution in [0.15, 0.2) is 22.6 Å². The summed E-state index contributed by atoms with van der Waals surface area (Å²) >= 11 is 5.97. The number of H-pyrrole nitrogens is 1. The van der Waals surface area contributed by atoms with E-state index in [0.29, 0.717) is 17.1 Å². The zero-order valence-corrected chi connectivity index (χ0v) is 10.3. The second kappa shape index (κ2) is 4.30. The second-order valence-electron chi connectivity index (χ2n) is 3.72. The molecular weight excluding hydrogens is 254 g/mol. The van der Waals surface area contributed by atoms with E-state index in [1.165, 1.54) is 0 Å². The minimum absolute atomic E-state index is 0.408. The largest absolute Gasteiger partial charge is 0.403 e. The van der Waals surface area contributed by atoms with Crippen molar-refractivity contribution in [1.82, 2.24) is 20.4 Å². The van der Waals surface area contributed by atoms with Gasteiger partial charge in [-0.25, -0.2) is 0 Å². The van der Waals surface area contributed by atoms with E-state index in [-0.39, 0.29) is 0 Å². The van der Waals surface area contributed by atoms with Crippen molar-refractivity contribution in [2.24, 2.45) is 0 Å². The Morgan fingerprint density at radius 3 is 3.11 bits per heavy atom. The van der Waals surface area contributed by atoms with Crippen molar-refractivity contribution in [2.45, 2.75) is 6.92 Å². The molecule has 2 aromatic heterocycles. The maximum absolute atomic E-state index is 5.97. The molecule has 3 rings (SSSR count). The van der Waals surface area contributed by atoms with E-state index in [0.717, 1.165) is 23.0 Å². The maximum atomic E-state index is 5.97. The van der Waals surface area contributed by atoms with Crippen LogP contribution in [0.1, 0.15) is 6.92 Å². The Labute approximate surface area is 107 Å². The molecule has 0 aliphatic heterocycles. The maximum Gasteiger partial charge on any atom is 0.315 e. The molecule has 2 N–H and O–H groups in total. The number of nitrogens with zero attached hydrogens (tertiary/aromatic N) is 3. The molecule has 1 aromatic carbocycles. The summed E-state index contributed by atoms with van der Waals surface area (Å²) in [6.07, 6.45) is 0. The van der Waals surface area contributed by atoms with Crippen molar-refractivity contribution >= 4 is 28.5 Å². The fourth-order valence-electron chi connectivity index (χ4n) is 1.68. The van der Waals surface area contributed by atoms with Gasteiger partial charge in [-0.3, -0.25) is 5.10 Å². The van der Waals surface area contributed by atoms with Gasteiger partial charge in [0, 0.05) is 17.5 Å². The molecule has 18 heavy (non-hydrogen) atoms. The standard InChI is InChI=1S/C11H10ClN5O/c1-2-13-11-17-16-10(18-11)6-3-4-8-7(5-6)9(12)15-14-8/h3-5H,2H2,1H3,(H,13,17)(H,14,15). The van der Waals surface area contributed by atoms with Crippen molar-refractivity contribution in [1.29, 1.82) is 0 Å². The molecule has 2 heterocycles. The molecule has 7 heteroatoms. The molecule has 3 aromatic rings. The molecule has 0 saturated heterocycles. The van der Waals surface area contributed by atoms with Gasteiger partial charge in [0.2, 0.25) is 5.89 Å². The lowest BCUT2D eigenvalue weighted by Crippen LogP contribution is -1.95. The minimum atomic E-state index is 0.408. The molecule has 0 saturated carbocycles. The van der Waals surface area contributed by atoms with Crippen molar-refractivity contribution in [3.05, 3.63) is 23.4 Å². The number of aromatic amines is 1. The van der Waals surface area contributed by atoms with Gasteiger partial charge < -0.3 is 9.73 Å². The molecule has 0 aliphatic carbocycles. The number of fused-ring (bicyclic) bond motifs is 1. The number of anilines is 1. The van der Waals surface area contributed by atoms with Gasteiger partial charge in [-0.1, -0.05) is 16.7 Å². The van der Waals surface area contributed by atoms with Crippen LogP contribution in [0.2, 0.25) is 5.15 Å². The summed E-state index contributed by atoms with van der Waals surface area (Å²) in [6, 6.07) is 6.02. The monoisotopic (exact) mass is 263 g/mol. The minimum Gasteiger partial charge on any atom is -0.403 e. The van der Waals surface area contributed by atoms with E-state index in [1.54, 1.807) is 0 Å². The van der Waals surface area contributed by atoms with E-state index in [1.807, 2.05) is 25.1 Å². The predicted octanol–water partition coefficient (Wildman–Crippen LogP) is 2.70. The highest BCUT2D eigenvalue weighted by Crippen LogP contribution is 2.27. The molecule has 0 bridgehead atoms. The number of aromatic nitrogens is 4. The van der Waals surface area contributed by atoms with E-state index in [2.05, 4.69) is 25.7 Å². The Bertz CT molecular complexity index is 690. The number of hydrogen-bond acceptors (Lipinski definition) is 5. The fraction of sp³-hybridized carbons (Fsp3) is 0.182. The van der Waals surface area contributed by atoms with Crippen molar-refractivity contribution < 1.29 is 4.42 Å². The van der Waals surface area contributed by atoms with Gasteiger partial charge in [0.15, 0.2) is 5.15 Å². The first-order valence-corrected chi connectivity index (χ1v) is 5.87. The normalized spacial score (nSPS) is 11.0. The van der Waals surface area contributed by atoms with E-state index in [4.69, 9.17) is 16.0 Å². The SMILES string of the molecule is CCNc1nnc(-c2ccc3[nH]nc(Cl)c3c2)o1. The average Bonchev–Trinajstić information content (AvgIpc) is 2.98. The lowest BCUT2D eigenvalue weighted by molar-refractivity contribution is 0.582. The van der Waals surface area contributed by atoms with Crippen LogP contribution in [0.3, 0.4) is 0 Å². The first-order valence-electron chi connectivity index (χ1n) is 5.49. The van der Waals surface area contributed by atoms with Gasteiger partial charge in [0.05, 0.1) is 5.52 Å². The molecular formula is C11H10ClN5O. The quantitative estimate of drug-likeness (QED) is 0.759. The van der Waals surface area contributed by atoms with Crippen molar-refractivity contribution in [3.8, 4) is 11.5 Å². The van der Waals surface area contributed by atoms with Crippen LogP contribution in [0.25, 0.3) is 22.4 Å². The summed E-state index contributed by atoms with van der Waals surface area (Å²) in [5.41, 5.74) is 1.68. The Balaban J connectivity index is 2.04. The van der Waals surface area contributed by atoms with Gasteiger partial charge in [0.25, 0.3) is 0 Å². The molecule has 6 nitrogen and oxygen atoms in total. The Kier molecular flexibility index (Phi) is 2.64. The molecule has 0 atom stereocenters. The Hall–Kier alpha value is -2.08. The van der Waals surface area contributed by atoms with Gasteiger partial charge in [-0.2, -0.15) is 5.10 Å². The highest BCUT2D eigenvalue weighted by molar-refractivity contribution is 6.34. The smallest absolute Gasteiger partial charge is 0.315 e. The van der Waals surface area contributed by atoms with Crippen LogP contribution in [0.4, 0.5) is 6.01 Å². The van der Waals surface area contributed by atoms with Gasteiger partial charge in [-0.15, -0.1) is 5.10 Å². The van der Waals surface area contributed by atoms with Crippen molar-refractivity contribution in [2.75, 3.05) is 11.9 Å². The summed E-state index contributed by atoms with van der Waals surface area (Å²) < 4.78 is 5.47. The lowest BCUT2D eigenvalue weighted by atomic mass is 10.1. The van der Waals surface area contributed by atoms with Crippen LogP contribution >= 0.6 is 11.6 Å². The highest BCUT2D eigenvalue weighted by Gasteiger charge is 2.10. The first kappa shape index (κ1) is 11.0. The fourth-order valence-corrected chi connectivity index (χ4v) is 1.88. The van der Waals surface area contributed by atoms with Crippen LogP contribution in [-0.2, 0) is 0 Å². The van der Waals surface area contributed by atoms with Gasteiger partial charge in [-0.05, 0) is 25.1 Å². The Morgan fingerprint density at radius 2 is 2.28 bits per heavy atom. The second-order valence-corrected chi connectivity index (χ2v) is 4.08. The summed E-state index contributed by atoms with van der Waals surface area (Å²) in [5, 5.41) is 18.8. The van der Waals surface area contributed by atoms with E-state index < -0.39 is 0 Å². The third-order valence-corrected chi connectivity index (χ3v) is 2.80. The third-order valence-electron chi connectivity index (χ3n) is 2.52. The molecule has 0 aliphatic rings. The summed E-state index contributed by atoms with van der Waals surface area (Å²) in [5.74, 6) is 0.449. The Morgan fingerprint density at radius 1 is 1.39 bits per heavy atom. The highest BCUT2D eigenvalue weighted by atomic mass is 35.5. The molecule has 0 spiro atoms. The molecule has 0 radical (unpaired) electrons. The van der Waals surface area contributed by atoms with Crippen LogP contribution in [-0.4, -0.2) is 26.9 Å². The van der Waals surface area contributed by atoms with Gasteiger partial charge >= 0.3 is 6.01 Å². The first-order chi connectivity index (χ1) is 8.78. The van der Waals surface area contributed by atoms with Gasteiger partial charge in [0.1, 0.15) is 0 Å². The summed E-state index contributed by atoms with van der Waals surface area (Å²) in [6.45, 7) is 2.69. The van der Waals surface area contributed by atoms with E-state index >= 15 is 0 Å². The zero-order chi connectivity index (χ0) is 12.5. The summed E-state index contributed by atoms with van der Waals surface area (Å²) in [4.78, 5) is 0. The molecule has 0 amide bonds. The van der Waals surface area contributed by atoms with E-state index in [9.17, 15) is 0 Å². The van der Waals surface area contributed by atoms with Crippen molar-refractivity contribution in [3.63, 3.8) is 0 Å². The van der Waals surface area contributed by atoms with Crippen LogP contribution in [0, 0.1) is 0 Å². The molecule has 92 valence electrons. The number of nitrogens with one attached hydrogen (secondary N) is 2.